The topological polar surface area (TPSA) is 70.7 Å². The van der Waals surface area contributed by atoms with Gasteiger partial charge in [0.05, 0.1) is 0 Å². The van der Waals surface area contributed by atoms with Gasteiger partial charge in [0.25, 0.3) is 0 Å². The lowest BCUT2D eigenvalue weighted by Crippen LogP contribution is -2.44. The molecule has 0 saturated heterocycles. The van der Waals surface area contributed by atoms with E-state index in [0.29, 0.717) is 0 Å². The van der Waals surface area contributed by atoms with Gasteiger partial charge in [0, 0.05) is 17.4 Å². The molecule has 1 amide bonds. The van der Waals surface area contributed by atoms with Gasteiger partial charge in [-0.3, -0.25) is 9.89 Å². The van der Waals surface area contributed by atoms with Gasteiger partial charge in [-0.2, -0.15) is 5.10 Å². The van der Waals surface area contributed by atoms with E-state index in [-0.39, 0.29) is 16.9 Å². The van der Waals surface area contributed by atoms with Gasteiger partial charge in [-0.1, -0.05) is 20.8 Å². The molecule has 2 N–H and O–H groups in total. The molecule has 1 aliphatic carbocycles. The van der Waals surface area contributed by atoms with Crippen LogP contribution in [0.25, 0.3) is 0 Å². The molecule has 1 saturated carbocycles. The summed E-state index contributed by atoms with van der Waals surface area (Å²) in [7, 11) is 0. The second-order valence-corrected chi connectivity index (χ2v) is 5.59. The molecule has 5 nitrogen and oxygen atoms in total. The largest absolute Gasteiger partial charge is 0.350 e. The first-order valence-corrected chi connectivity index (χ1v) is 5.58. The highest BCUT2D eigenvalue weighted by atomic mass is 16.2. The van der Waals surface area contributed by atoms with E-state index in [9.17, 15) is 4.79 Å². The first kappa shape index (κ1) is 11.1. The minimum atomic E-state index is -0.336. The van der Waals surface area contributed by atoms with Crippen molar-refractivity contribution in [3.8, 4) is 0 Å². The van der Waals surface area contributed by atoms with Crippen molar-refractivity contribution in [3.05, 3.63) is 12.2 Å². The molecule has 1 aliphatic rings. The molecule has 88 valence electrons. The molecule has 1 aromatic rings. The molecule has 0 unspecified atom stereocenters. The maximum absolute atomic E-state index is 11.9. The van der Waals surface area contributed by atoms with E-state index in [1.807, 2.05) is 20.8 Å². The Hall–Kier alpha value is -1.39. The monoisotopic (exact) mass is 222 g/mol. The van der Waals surface area contributed by atoms with Crippen LogP contribution in [0.2, 0.25) is 0 Å². The van der Waals surface area contributed by atoms with Crippen LogP contribution in [-0.4, -0.2) is 26.6 Å². The molecule has 5 heteroatoms. The molecule has 0 spiro atoms. The number of hydrogen-bond acceptors (Lipinski definition) is 3. The zero-order chi connectivity index (χ0) is 11.8. The number of aromatic amines is 1. The summed E-state index contributed by atoms with van der Waals surface area (Å²) in [4.78, 5) is 16.0. The van der Waals surface area contributed by atoms with Gasteiger partial charge in [-0.25, -0.2) is 4.98 Å². The lowest BCUT2D eigenvalue weighted by Gasteiger charge is -2.23. The number of carbonyl (C=O) groups excluding carboxylic acids is 1. The summed E-state index contributed by atoms with van der Waals surface area (Å²) in [6, 6.07) is 0. The van der Waals surface area contributed by atoms with E-state index in [1.165, 1.54) is 6.33 Å². The Balaban J connectivity index is 1.97. The van der Waals surface area contributed by atoms with Gasteiger partial charge in [0.1, 0.15) is 12.2 Å². The van der Waals surface area contributed by atoms with Crippen molar-refractivity contribution in [2.24, 2.45) is 5.41 Å². The molecule has 1 aromatic heterocycles. The Kier molecular flexibility index (Phi) is 2.48. The van der Waals surface area contributed by atoms with Gasteiger partial charge in [-0.15, -0.1) is 0 Å². The molecule has 2 rings (SSSR count). The number of aromatic nitrogens is 3. The summed E-state index contributed by atoms with van der Waals surface area (Å²) < 4.78 is 0. The fourth-order valence-corrected chi connectivity index (χ4v) is 1.56. The summed E-state index contributed by atoms with van der Waals surface area (Å²) in [6.45, 7) is 5.77. The van der Waals surface area contributed by atoms with Crippen molar-refractivity contribution < 1.29 is 4.79 Å². The van der Waals surface area contributed by atoms with Crippen LogP contribution < -0.4 is 5.32 Å². The van der Waals surface area contributed by atoms with E-state index in [4.69, 9.17) is 0 Å². The number of nitrogens with zero attached hydrogens (tertiary/aromatic N) is 2. The van der Waals surface area contributed by atoms with Crippen molar-refractivity contribution in [1.82, 2.24) is 20.5 Å². The van der Waals surface area contributed by atoms with Crippen LogP contribution in [0.1, 0.15) is 39.4 Å². The molecule has 1 fully saturated rings. The molecule has 0 bridgehead atoms. The number of H-pyrrole nitrogens is 1. The Morgan fingerprint density at radius 2 is 2.25 bits per heavy atom. The quantitative estimate of drug-likeness (QED) is 0.802. The first-order chi connectivity index (χ1) is 7.41. The van der Waals surface area contributed by atoms with Crippen LogP contribution in [0, 0.1) is 5.41 Å². The normalized spacial score (nSPS) is 18.2. The van der Waals surface area contributed by atoms with Crippen LogP contribution in [0.4, 0.5) is 0 Å². The minimum absolute atomic E-state index is 0.0795. The van der Waals surface area contributed by atoms with Crippen LogP contribution >= 0.6 is 0 Å². The lowest BCUT2D eigenvalue weighted by atomic mass is 9.94. The molecule has 16 heavy (non-hydrogen) atoms. The Morgan fingerprint density at radius 3 is 2.69 bits per heavy atom. The predicted molar refractivity (Wildman–Crippen MR) is 59.6 cm³/mol. The summed E-state index contributed by atoms with van der Waals surface area (Å²) in [5.41, 5.74) is -0.416. The summed E-state index contributed by atoms with van der Waals surface area (Å²) >= 11 is 0. The SMILES string of the molecule is CC(C)(C)C(=O)NC1(Cc2ncn[nH]2)CC1. The highest BCUT2D eigenvalue weighted by molar-refractivity contribution is 5.82. The molecular weight excluding hydrogens is 204 g/mol. The highest BCUT2D eigenvalue weighted by Gasteiger charge is 2.46. The first-order valence-electron chi connectivity index (χ1n) is 5.58. The van der Waals surface area contributed by atoms with Crippen LogP contribution in [0.3, 0.4) is 0 Å². The number of hydrogen-bond donors (Lipinski definition) is 2. The average molecular weight is 222 g/mol. The van der Waals surface area contributed by atoms with Crippen molar-refractivity contribution in [2.75, 3.05) is 0 Å². The van der Waals surface area contributed by atoms with E-state index in [1.54, 1.807) is 0 Å². The van der Waals surface area contributed by atoms with E-state index in [0.717, 1.165) is 25.1 Å². The van der Waals surface area contributed by atoms with Gasteiger partial charge in [0.15, 0.2) is 0 Å². The maximum Gasteiger partial charge on any atom is 0.225 e. The standard InChI is InChI=1S/C11H18N4O/c1-10(2,3)9(16)14-11(4-5-11)6-8-12-7-13-15-8/h7H,4-6H2,1-3H3,(H,14,16)(H,12,13,15). The van der Waals surface area contributed by atoms with Gasteiger partial charge in [-0.05, 0) is 12.8 Å². The van der Waals surface area contributed by atoms with Crippen LogP contribution in [0.5, 0.6) is 0 Å². The number of carbonyl (C=O) groups is 1. The Labute approximate surface area is 95.0 Å². The smallest absolute Gasteiger partial charge is 0.225 e. The van der Waals surface area contributed by atoms with Crippen molar-refractivity contribution in [3.63, 3.8) is 0 Å². The zero-order valence-electron chi connectivity index (χ0n) is 10.0. The second kappa shape index (κ2) is 3.57. The van der Waals surface area contributed by atoms with Crippen molar-refractivity contribution >= 4 is 5.91 Å². The fourth-order valence-electron chi connectivity index (χ4n) is 1.56. The highest BCUT2D eigenvalue weighted by Crippen LogP contribution is 2.38. The predicted octanol–water partition coefficient (Wildman–Crippen LogP) is 1.04. The van der Waals surface area contributed by atoms with Crippen molar-refractivity contribution in [1.29, 1.82) is 0 Å². The van der Waals surface area contributed by atoms with Crippen molar-refractivity contribution in [2.45, 2.75) is 45.6 Å². The third-order valence-corrected chi connectivity index (χ3v) is 2.88. The lowest BCUT2D eigenvalue weighted by molar-refractivity contribution is -0.129. The van der Waals surface area contributed by atoms with Gasteiger partial charge in [0.2, 0.25) is 5.91 Å². The van der Waals surface area contributed by atoms with E-state index >= 15 is 0 Å². The Morgan fingerprint density at radius 1 is 1.56 bits per heavy atom. The summed E-state index contributed by atoms with van der Waals surface area (Å²) in [5.74, 6) is 0.941. The van der Waals surface area contributed by atoms with Crippen LogP contribution in [-0.2, 0) is 11.2 Å². The van der Waals surface area contributed by atoms with Gasteiger partial charge >= 0.3 is 0 Å². The molecule has 0 radical (unpaired) electrons. The minimum Gasteiger partial charge on any atom is -0.350 e. The third kappa shape index (κ3) is 2.40. The van der Waals surface area contributed by atoms with E-state index in [2.05, 4.69) is 20.5 Å². The van der Waals surface area contributed by atoms with E-state index < -0.39 is 0 Å². The number of nitrogens with one attached hydrogen (secondary N) is 2. The van der Waals surface area contributed by atoms with Crippen LogP contribution in [0.15, 0.2) is 6.33 Å². The molecule has 0 aliphatic heterocycles. The Bertz CT molecular complexity index is 373. The number of amides is 1. The second-order valence-electron chi connectivity index (χ2n) is 5.59. The number of rotatable bonds is 3. The molecule has 0 aromatic carbocycles. The molecule has 0 atom stereocenters. The average Bonchev–Trinajstić information content (AvgIpc) is 2.73. The molecule has 1 heterocycles. The van der Waals surface area contributed by atoms with Gasteiger partial charge < -0.3 is 5.32 Å². The third-order valence-electron chi connectivity index (χ3n) is 2.88. The maximum atomic E-state index is 11.9. The summed E-state index contributed by atoms with van der Waals surface area (Å²) in [6.07, 6.45) is 4.29. The summed E-state index contributed by atoms with van der Waals surface area (Å²) in [5, 5.41) is 9.76. The molecular formula is C11H18N4O. The zero-order valence-corrected chi connectivity index (χ0v) is 10.0. The fraction of sp³-hybridized carbons (Fsp3) is 0.727.